The lowest BCUT2D eigenvalue weighted by atomic mass is 10.2. The monoisotopic (exact) mass is 253 g/mol. The zero-order valence-corrected chi connectivity index (χ0v) is 11.4. The van der Waals surface area contributed by atoms with E-state index in [1.165, 1.54) is 0 Å². The number of nitrogens with one attached hydrogen (secondary N) is 1. The highest BCUT2D eigenvalue weighted by Crippen LogP contribution is 2.27. The summed E-state index contributed by atoms with van der Waals surface area (Å²) >= 11 is 0. The Morgan fingerprint density at radius 1 is 1.22 bits per heavy atom. The molecular formula is C14H23NO3. The van der Waals surface area contributed by atoms with E-state index in [2.05, 4.69) is 5.32 Å². The van der Waals surface area contributed by atoms with Gasteiger partial charge in [0.2, 0.25) is 0 Å². The summed E-state index contributed by atoms with van der Waals surface area (Å²) in [6.45, 7) is 3.51. The molecule has 0 aliphatic rings. The SMILES string of the molecule is COc1ccc(CNCCCC(C)O)cc1OC. The maximum absolute atomic E-state index is 9.14. The van der Waals surface area contributed by atoms with Gasteiger partial charge >= 0.3 is 0 Å². The highest BCUT2D eigenvalue weighted by atomic mass is 16.5. The van der Waals surface area contributed by atoms with Crippen LogP contribution in [0.25, 0.3) is 0 Å². The Kier molecular flexibility index (Phi) is 6.54. The lowest BCUT2D eigenvalue weighted by molar-refractivity contribution is 0.181. The fraction of sp³-hybridized carbons (Fsp3) is 0.571. The first kappa shape index (κ1) is 14.8. The van der Waals surface area contributed by atoms with Crippen molar-refractivity contribution < 1.29 is 14.6 Å². The zero-order valence-electron chi connectivity index (χ0n) is 11.4. The molecule has 0 radical (unpaired) electrons. The number of methoxy groups -OCH3 is 2. The van der Waals surface area contributed by atoms with Crippen LogP contribution in [0.2, 0.25) is 0 Å². The molecule has 2 N–H and O–H groups in total. The molecule has 1 rings (SSSR count). The van der Waals surface area contributed by atoms with Crippen LogP contribution in [0.15, 0.2) is 18.2 Å². The average Bonchev–Trinajstić information content (AvgIpc) is 2.37. The number of ether oxygens (including phenoxy) is 2. The van der Waals surface area contributed by atoms with Gasteiger partial charge in [0.1, 0.15) is 0 Å². The predicted molar refractivity (Wildman–Crippen MR) is 72.2 cm³/mol. The predicted octanol–water partition coefficient (Wildman–Crippen LogP) is 1.95. The largest absolute Gasteiger partial charge is 0.493 e. The molecule has 0 aromatic heterocycles. The molecule has 0 amide bonds. The second-order valence-electron chi connectivity index (χ2n) is 4.36. The molecule has 4 nitrogen and oxygen atoms in total. The Labute approximate surface area is 109 Å². The zero-order chi connectivity index (χ0) is 13.4. The van der Waals surface area contributed by atoms with Gasteiger partial charge in [-0.05, 0) is 44.0 Å². The van der Waals surface area contributed by atoms with Gasteiger partial charge in [0, 0.05) is 6.54 Å². The number of rotatable bonds is 8. The lowest BCUT2D eigenvalue weighted by Gasteiger charge is -2.10. The number of hydrogen-bond donors (Lipinski definition) is 2. The van der Waals surface area contributed by atoms with Crippen LogP contribution in [0.1, 0.15) is 25.3 Å². The highest BCUT2D eigenvalue weighted by molar-refractivity contribution is 5.42. The molecule has 0 heterocycles. The van der Waals surface area contributed by atoms with Crippen molar-refractivity contribution in [1.29, 1.82) is 0 Å². The molecule has 18 heavy (non-hydrogen) atoms. The number of hydrogen-bond acceptors (Lipinski definition) is 4. The first-order valence-corrected chi connectivity index (χ1v) is 6.27. The first-order chi connectivity index (χ1) is 8.67. The van der Waals surface area contributed by atoms with Crippen molar-refractivity contribution in [3.8, 4) is 11.5 Å². The van der Waals surface area contributed by atoms with Crippen molar-refractivity contribution in [2.45, 2.75) is 32.4 Å². The van der Waals surface area contributed by atoms with Gasteiger partial charge in [-0.2, -0.15) is 0 Å². The molecule has 0 spiro atoms. The van der Waals surface area contributed by atoms with Gasteiger partial charge in [0.05, 0.1) is 20.3 Å². The fourth-order valence-electron chi connectivity index (χ4n) is 1.75. The van der Waals surface area contributed by atoms with Crippen LogP contribution in [0.5, 0.6) is 11.5 Å². The van der Waals surface area contributed by atoms with Crippen molar-refractivity contribution in [2.24, 2.45) is 0 Å². The normalized spacial score (nSPS) is 12.2. The van der Waals surface area contributed by atoms with Crippen LogP contribution in [0, 0.1) is 0 Å². The molecule has 1 atom stereocenters. The Morgan fingerprint density at radius 2 is 1.94 bits per heavy atom. The summed E-state index contributed by atoms with van der Waals surface area (Å²) < 4.78 is 10.4. The van der Waals surface area contributed by atoms with E-state index in [1.807, 2.05) is 25.1 Å². The first-order valence-electron chi connectivity index (χ1n) is 6.27. The van der Waals surface area contributed by atoms with Crippen LogP contribution in [-0.4, -0.2) is 32.0 Å². The molecular weight excluding hydrogens is 230 g/mol. The molecule has 0 aliphatic carbocycles. The second kappa shape index (κ2) is 7.95. The molecule has 0 saturated carbocycles. The molecule has 102 valence electrons. The Balaban J connectivity index is 2.38. The Bertz CT molecular complexity index is 353. The second-order valence-corrected chi connectivity index (χ2v) is 4.36. The quantitative estimate of drug-likeness (QED) is 0.695. The minimum absolute atomic E-state index is 0.215. The van der Waals surface area contributed by atoms with E-state index in [-0.39, 0.29) is 6.10 Å². The summed E-state index contributed by atoms with van der Waals surface area (Å²) in [4.78, 5) is 0. The summed E-state index contributed by atoms with van der Waals surface area (Å²) in [7, 11) is 3.27. The van der Waals surface area contributed by atoms with Gasteiger partial charge in [-0.1, -0.05) is 6.07 Å². The third-order valence-electron chi connectivity index (χ3n) is 2.75. The van der Waals surface area contributed by atoms with Crippen LogP contribution in [0.4, 0.5) is 0 Å². The molecule has 0 saturated heterocycles. The van der Waals surface area contributed by atoms with Crippen LogP contribution >= 0.6 is 0 Å². The van der Waals surface area contributed by atoms with E-state index >= 15 is 0 Å². The highest BCUT2D eigenvalue weighted by Gasteiger charge is 2.04. The minimum Gasteiger partial charge on any atom is -0.493 e. The maximum Gasteiger partial charge on any atom is 0.161 e. The number of aliphatic hydroxyl groups excluding tert-OH is 1. The summed E-state index contributed by atoms with van der Waals surface area (Å²) in [6.07, 6.45) is 1.59. The molecule has 1 aromatic rings. The van der Waals surface area contributed by atoms with Gasteiger partial charge in [-0.3, -0.25) is 0 Å². The van der Waals surface area contributed by atoms with Gasteiger partial charge < -0.3 is 19.9 Å². The van der Waals surface area contributed by atoms with Crippen molar-refractivity contribution in [1.82, 2.24) is 5.32 Å². The van der Waals surface area contributed by atoms with Crippen LogP contribution in [-0.2, 0) is 6.54 Å². The summed E-state index contributed by atoms with van der Waals surface area (Å²) in [5, 5.41) is 12.5. The third kappa shape index (κ3) is 4.94. The minimum atomic E-state index is -0.215. The van der Waals surface area contributed by atoms with Crippen molar-refractivity contribution in [3.05, 3.63) is 23.8 Å². The Morgan fingerprint density at radius 3 is 2.56 bits per heavy atom. The van der Waals surface area contributed by atoms with Crippen molar-refractivity contribution >= 4 is 0 Å². The van der Waals surface area contributed by atoms with Crippen molar-refractivity contribution in [2.75, 3.05) is 20.8 Å². The molecule has 1 unspecified atom stereocenters. The van der Waals surface area contributed by atoms with Crippen molar-refractivity contribution in [3.63, 3.8) is 0 Å². The third-order valence-corrected chi connectivity index (χ3v) is 2.75. The van der Waals surface area contributed by atoms with E-state index in [0.29, 0.717) is 0 Å². The van der Waals surface area contributed by atoms with Gasteiger partial charge in [0.25, 0.3) is 0 Å². The van der Waals surface area contributed by atoms with E-state index in [1.54, 1.807) is 14.2 Å². The maximum atomic E-state index is 9.14. The van der Waals surface area contributed by atoms with Crippen LogP contribution in [0.3, 0.4) is 0 Å². The van der Waals surface area contributed by atoms with E-state index in [0.717, 1.165) is 43.0 Å². The Hall–Kier alpha value is -1.26. The van der Waals surface area contributed by atoms with Gasteiger partial charge in [0.15, 0.2) is 11.5 Å². The summed E-state index contributed by atoms with van der Waals surface area (Å²) in [6, 6.07) is 5.90. The van der Waals surface area contributed by atoms with Crippen LogP contribution < -0.4 is 14.8 Å². The lowest BCUT2D eigenvalue weighted by Crippen LogP contribution is -2.16. The molecule has 0 bridgehead atoms. The summed E-state index contributed by atoms with van der Waals surface area (Å²) in [5.74, 6) is 1.50. The molecule has 0 aliphatic heterocycles. The van der Waals surface area contributed by atoms with Gasteiger partial charge in [-0.25, -0.2) is 0 Å². The molecule has 1 aromatic carbocycles. The van der Waals surface area contributed by atoms with E-state index in [9.17, 15) is 0 Å². The van der Waals surface area contributed by atoms with E-state index < -0.39 is 0 Å². The number of aliphatic hydroxyl groups is 1. The molecule has 0 fully saturated rings. The number of benzene rings is 1. The summed E-state index contributed by atoms with van der Waals surface area (Å²) in [5.41, 5.74) is 1.16. The van der Waals surface area contributed by atoms with E-state index in [4.69, 9.17) is 14.6 Å². The molecule has 4 heteroatoms. The average molecular weight is 253 g/mol. The fourth-order valence-corrected chi connectivity index (χ4v) is 1.75. The standard InChI is InChI=1S/C14H23NO3/c1-11(16)5-4-8-15-10-12-6-7-13(17-2)14(9-12)18-3/h6-7,9,11,15-16H,4-5,8,10H2,1-3H3. The van der Waals surface area contributed by atoms with Gasteiger partial charge in [-0.15, -0.1) is 0 Å². The topological polar surface area (TPSA) is 50.7 Å². The smallest absolute Gasteiger partial charge is 0.161 e.